The summed E-state index contributed by atoms with van der Waals surface area (Å²) in [6, 6.07) is 41.8. The van der Waals surface area contributed by atoms with E-state index in [2.05, 4.69) is 98.1 Å². The highest BCUT2D eigenvalue weighted by molar-refractivity contribution is 7.18. The first-order chi connectivity index (χ1) is 23.2. The maximum absolute atomic E-state index is 13.2. The molecule has 4 aromatic carbocycles. The zero-order valence-corrected chi connectivity index (χ0v) is 27.1. The summed E-state index contributed by atoms with van der Waals surface area (Å²) < 4.78 is 15.6. The first-order valence-corrected chi connectivity index (χ1v) is 17.1. The Morgan fingerprint density at radius 3 is 1.38 bits per heavy atom. The van der Waals surface area contributed by atoms with E-state index in [0.29, 0.717) is 6.54 Å². The van der Waals surface area contributed by atoms with E-state index in [4.69, 9.17) is 0 Å². The molecule has 4 aromatic heterocycles. The lowest BCUT2D eigenvalue weighted by molar-refractivity contribution is 0.628. The van der Waals surface area contributed by atoms with E-state index < -0.39 is 0 Å². The summed E-state index contributed by atoms with van der Waals surface area (Å²) in [5, 5.41) is 13.5. The Hall–Kier alpha value is -5.37. The summed E-state index contributed by atoms with van der Waals surface area (Å²) in [4.78, 5) is 9.10. The molecule has 0 radical (unpaired) electrons. The van der Waals surface area contributed by atoms with Gasteiger partial charge in [-0.15, -0.1) is 22.7 Å². The van der Waals surface area contributed by atoms with E-state index in [1.807, 2.05) is 60.9 Å². The molecule has 0 bridgehead atoms. The summed E-state index contributed by atoms with van der Waals surface area (Å²) in [5.41, 5.74) is 7.01. The second kappa shape index (κ2) is 14.4. The zero-order chi connectivity index (χ0) is 31.8. The van der Waals surface area contributed by atoms with Crippen molar-refractivity contribution in [1.82, 2.24) is 9.97 Å². The van der Waals surface area contributed by atoms with Crippen LogP contribution in [-0.4, -0.2) is 9.97 Å². The lowest BCUT2D eigenvalue weighted by atomic mass is 10.1. The Morgan fingerprint density at radius 1 is 0.489 bits per heavy atom. The molecule has 4 nitrogen and oxygen atoms in total. The van der Waals surface area contributed by atoms with Crippen LogP contribution >= 0.6 is 22.7 Å². The Balaban J connectivity index is 0.000000150. The normalized spacial score (nSPS) is 10.8. The number of pyridine rings is 2. The molecule has 8 aromatic rings. The van der Waals surface area contributed by atoms with Gasteiger partial charge in [0, 0.05) is 56.8 Å². The molecule has 0 aliphatic rings. The fraction of sp³-hybridized carbons (Fsp3) is 0.0500. The predicted octanol–water partition coefficient (Wildman–Crippen LogP) is 11.3. The number of anilines is 2. The lowest BCUT2D eigenvalue weighted by Crippen LogP contribution is -2.01. The molecule has 7 heteroatoms. The van der Waals surface area contributed by atoms with E-state index >= 15 is 0 Å². The molecular weight excluding hydrogens is 620 g/mol. The van der Waals surface area contributed by atoms with Crippen LogP contribution in [0.5, 0.6) is 0 Å². The van der Waals surface area contributed by atoms with Crippen molar-refractivity contribution in [2.24, 2.45) is 0 Å². The van der Waals surface area contributed by atoms with Crippen molar-refractivity contribution in [3.8, 4) is 22.3 Å². The molecule has 8 rings (SSSR count). The molecule has 0 saturated heterocycles. The smallest absolute Gasteiger partial charge is 0.135 e. The van der Waals surface area contributed by atoms with Gasteiger partial charge in [-0.2, -0.15) is 0 Å². The molecule has 0 atom stereocenters. The van der Waals surface area contributed by atoms with Crippen molar-refractivity contribution >= 4 is 54.5 Å². The quantitative estimate of drug-likeness (QED) is 0.172. The van der Waals surface area contributed by atoms with E-state index in [9.17, 15) is 4.39 Å². The molecule has 0 fully saturated rings. The molecule has 0 aliphatic carbocycles. The van der Waals surface area contributed by atoms with E-state index in [0.717, 1.165) is 34.7 Å². The number of aromatic nitrogens is 2. The lowest BCUT2D eigenvalue weighted by Gasteiger charge is -2.09. The first-order valence-electron chi connectivity index (χ1n) is 15.3. The van der Waals surface area contributed by atoms with Gasteiger partial charge in [0.2, 0.25) is 0 Å². The van der Waals surface area contributed by atoms with Crippen LogP contribution in [0, 0.1) is 5.82 Å². The Labute approximate surface area is 281 Å². The second-order valence-corrected chi connectivity index (χ2v) is 12.7. The highest BCUT2D eigenvalue weighted by Crippen LogP contribution is 2.39. The minimum Gasteiger partial charge on any atom is -0.365 e. The summed E-state index contributed by atoms with van der Waals surface area (Å²) in [6.07, 6.45) is 3.70. The number of nitrogens with one attached hydrogen (secondary N) is 2. The van der Waals surface area contributed by atoms with Crippen LogP contribution in [0.2, 0.25) is 0 Å². The summed E-state index contributed by atoms with van der Waals surface area (Å²) >= 11 is 3.44. The van der Waals surface area contributed by atoms with E-state index in [-0.39, 0.29) is 5.82 Å². The highest BCUT2D eigenvalue weighted by atomic mass is 32.1. The van der Waals surface area contributed by atoms with Gasteiger partial charge in [0.1, 0.15) is 17.5 Å². The fourth-order valence-electron chi connectivity index (χ4n) is 5.47. The molecule has 230 valence electrons. The van der Waals surface area contributed by atoms with Gasteiger partial charge in [0.05, 0.1) is 0 Å². The number of hydrogen-bond acceptors (Lipinski definition) is 6. The summed E-state index contributed by atoms with van der Waals surface area (Å²) in [6.45, 7) is 1.49. The van der Waals surface area contributed by atoms with E-state index in [1.165, 1.54) is 49.2 Å². The number of benzene rings is 4. The molecule has 47 heavy (non-hydrogen) atoms. The van der Waals surface area contributed by atoms with Crippen molar-refractivity contribution in [2.75, 3.05) is 10.6 Å². The van der Waals surface area contributed by atoms with Gasteiger partial charge in [-0.3, -0.25) is 0 Å². The van der Waals surface area contributed by atoms with Gasteiger partial charge < -0.3 is 10.6 Å². The topological polar surface area (TPSA) is 49.8 Å². The number of rotatable bonds is 8. The van der Waals surface area contributed by atoms with Gasteiger partial charge in [0.15, 0.2) is 0 Å². The molecule has 2 N–H and O–H groups in total. The van der Waals surface area contributed by atoms with Crippen molar-refractivity contribution in [1.29, 1.82) is 0 Å². The second-order valence-electron chi connectivity index (χ2n) is 10.9. The van der Waals surface area contributed by atoms with Crippen LogP contribution < -0.4 is 10.6 Å². The Bertz CT molecular complexity index is 2200. The maximum Gasteiger partial charge on any atom is 0.135 e. The molecule has 0 amide bonds. The minimum absolute atomic E-state index is 0.223. The van der Waals surface area contributed by atoms with Crippen molar-refractivity contribution < 1.29 is 4.39 Å². The Morgan fingerprint density at radius 2 is 0.915 bits per heavy atom. The third-order valence-corrected chi connectivity index (χ3v) is 9.71. The molecular formula is C40H31FN4S2. The number of thiophene rings is 2. The zero-order valence-electron chi connectivity index (χ0n) is 25.4. The molecule has 0 aliphatic heterocycles. The van der Waals surface area contributed by atoms with E-state index in [1.54, 1.807) is 22.7 Å². The SMILES string of the molecule is Fc1ccc(-c2csc3ccnc(NCc4ccccc4)c23)cc1.c1ccc(CNc2nccc3scc(-c4ccccc4)c23)cc1. The van der Waals surface area contributed by atoms with Gasteiger partial charge in [0.25, 0.3) is 0 Å². The maximum atomic E-state index is 13.2. The van der Waals surface area contributed by atoms with Crippen molar-refractivity contribution in [3.63, 3.8) is 0 Å². The van der Waals surface area contributed by atoms with Crippen molar-refractivity contribution in [3.05, 3.63) is 167 Å². The predicted molar refractivity (Wildman–Crippen MR) is 198 cm³/mol. The first kappa shape index (κ1) is 30.3. The van der Waals surface area contributed by atoms with Crippen LogP contribution in [0.15, 0.2) is 151 Å². The average Bonchev–Trinajstić information content (AvgIpc) is 3.78. The number of nitrogens with zero attached hydrogens (tertiary/aromatic N) is 2. The fourth-order valence-corrected chi connectivity index (χ4v) is 7.40. The molecule has 0 spiro atoms. The third-order valence-electron chi connectivity index (χ3n) is 7.82. The van der Waals surface area contributed by atoms with Crippen LogP contribution in [0.3, 0.4) is 0 Å². The van der Waals surface area contributed by atoms with Crippen LogP contribution in [0.4, 0.5) is 16.0 Å². The van der Waals surface area contributed by atoms with Crippen LogP contribution in [0.25, 0.3) is 42.4 Å². The largest absolute Gasteiger partial charge is 0.365 e. The van der Waals surface area contributed by atoms with Gasteiger partial charge in [-0.05, 0) is 57.3 Å². The monoisotopic (exact) mass is 650 g/mol. The number of hydrogen-bond donors (Lipinski definition) is 2. The minimum atomic E-state index is -0.223. The van der Waals surface area contributed by atoms with Crippen LogP contribution in [0.1, 0.15) is 11.1 Å². The average molecular weight is 651 g/mol. The number of fused-ring (bicyclic) bond motifs is 2. The third kappa shape index (κ3) is 7.07. The van der Waals surface area contributed by atoms with Gasteiger partial charge in [-0.1, -0.05) is 103 Å². The molecule has 0 saturated carbocycles. The number of halogens is 1. The molecule has 4 heterocycles. The van der Waals surface area contributed by atoms with Gasteiger partial charge >= 0.3 is 0 Å². The van der Waals surface area contributed by atoms with Gasteiger partial charge in [-0.25, -0.2) is 14.4 Å². The molecule has 0 unspecified atom stereocenters. The summed E-state index contributed by atoms with van der Waals surface area (Å²) in [7, 11) is 0. The highest BCUT2D eigenvalue weighted by Gasteiger charge is 2.13. The van der Waals surface area contributed by atoms with Crippen molar-refractivity contribution in [2.45, 2.75) is 13.1 Å². The van der Waals surface area contributed by atoms with Crippen LogP contribution in [-0.2, 0) is 13.1 Å². The standard InChI is InChI=1S/C20H15FN2S.C20H16N2S/c21-16-8-6-15(7-9-16)17-13-24-18-10-11-22-20(19(17)18)23-12-14-4-2-1-3-5-14;1-3-7-15(8-4-1)13-22-20-19-17(16-9-5-2-6-10-16)14-23-18(19)11-12-21-20/h1-11,13H,12H2,(H,22,23);1-12,14H,13H2,(H,21,22). The summed E-state index contributed by atoms with van der Waals surface area (Å²) in [5.74, 6) is 1.59. The Kier molecular flexibility index (Phi) is 9.26.